The van der Waals surface area contributed by atoms with Crippen molar-refractivity contribution in [3.8, 4) is 0 Å². The Kier molecular flexibility index (Phi) is 3.52. The van der Waals surface area contributed by atoms with Gasteiger partial charge in [0.2, 0.25) is 0 Å². The Balaban J connectivity index is 2.21. The summed E-state index contributed by atoms with van der Waals surface area (Å²) < 4.78 is 27.2. The van der Waals surface area contributed by atoms with Gasteiger partial charge in [0.1, 0.15) is 11.6 Å². The molecule has 92 valence electrons. The smallest absolute Gasteiger partial charge is 0.169 e. The first-order valence-electron chi connectivity index (χ1n) is 5.78. The van der Waals surface area contributed by atoms with Crippen LogP contribution in [0, 0.1) is 24.5 Å². The van der Waals surface area contributed by atoms with Crippen LogP contribution in [0.2, 0.25) is 0 Å². The van der Waals surface area contributed by atoms with E-state index in [-0.39, 0.29) is 17.9 Å². The SMILES string of the molecule is Cc1ccc(F)c(C(=O)CC2CCNC2)c1F. The maximum absolute atomic E-state index is 13.7. The van der Waals surface area contributed by atoms with Crippen LogP contribution in [-0.4, -0.2) is 18.9 Å². The first kappa shape index (κ1) is 12.2. The van der Waals surface area contributed by atoms with Crippen molar-refractivity contribution in [1.29, 1.82) is 0 Å². The van der Waals surface area contributed by atoms with E-state index in [1.807, 2.05) is 0 Å². The van der Waals surface area contributed by atoms with Crippen molar-refractivity contribution in [3.63, 3.8) is 0 Å². The van der Waals surface area contributed by atoms with E-state index in [1.54, 1.807) is 0 Å². The lowest BCUT2D eigenvalue weighted by atomic mass is 9.96. The third-order valence-corrected chi connectivity index (χ3v) is 3.20. The van der Waals surface area contributed by atoms with Crippen molar-refractivity contribution in [2.75, 3.05) is 13.1 Å². The number of hydrogen-bond donors (Lipinski definition) is 1. The standard InChI is InChI=1S/C13H15F2NO/c1-8-2-3-10(14)12(13(8)15)11(17)6-9-4-5-16-7-9/h2-3,9,16H,4-7H2,1H3. The van der Waals surface area contributed by atoms with Crippen molar-refractivity contribution >= 4 is 5.78 Å². The highest BCUT2D eigenvalue weighted by atomic mass is 19.1. The lowest BCUT2D eigenvalue weighted by Gasteiger charge is -2.09. The van der Waals surface area contributed by atoms with Gasteiger partial charge in [-0.1, -0.05) is 6.07 Å². The first-order valence-corrected chi connectivity index (χ1v) is 5.78. The number of hydrogen-bond acceptors (Lipinski definition) is 2. The third kappa shape index (κ3) is 2.52. The second-order valence-corrected chi connectivity index (χ2v) is 4.54. The van der Waals surface area contributed by atoms with Gasteiger partial charge in [0, 0.05) is 6.42 Å². The normalized spacial score (nSPS) is 19.6. The number of benzene rings is 1. The third-order valence-electron chi connectivity index (χ3n) is 3.20. The number of aryl methyl sites for hydroxylation is 1. The molecule has 1 heterocycles. The quantitative estimate of drug-likeness (QED) is 0.821. The van der Waals surface area contributed by atoms with Gasteiger partial charge in [0.25, 0.3) is 0 Å². The van der Waals surface area contributed by atoms with Crippen LogP contribution in [0.4, 0.5) is 8.78 Å². The highest BCUT2D eigenvalue weighted by molar-refractivity contribution is 5.97. The van der Waals surface area contributed by atoms with Gasteiger partial charge in [-0.3, -0.25) is 4.79 Å². The number of carbonyl (C=O) groups excluding carboxylic acids is 1. The Labute approximate surface area is 99.0 Å². The highest BCUT2D eigenvalue weighted by Crippen LogP contribution is 2.21. The van der Waals surface area contributed by atoms with Crippen LogP contribution in [0.15, 0.2) is 12.1 Å². The zero-order valence-electron chi connectivity index (χ0n) is 9.72. The van der Waals surface area contributed by atoms with E-state index in [4.69, 9.17) is 0 Å². The summed E-state index contributed by atoms with van der Waals surface area (Å²) in [5, 5.41) is 3.13. The molecule has 0 aliphatic carbocycles. The molecule has 1 fully saturated rings. The van der Waals surface area contributed by atoms with Crippen LogP contribution in [0.25, 0.3) is 0 Å². The minimum Gasteiger partial charge on any atom is -0.316 e. The molecule has 0 saturated carbocycles. The number of halogens is 2. The Morgan fingerprint density at radius 2 is 2.24 bits per heavy atom. The molecule has 1 aliphatic heterocycles. The van der Waals surface area contributed by atoms with E-state index in [9.17, 15) is 13.6 Å². The Bertz CT molecular complexity index is 439. The summed E-state index contributed by atoms with van der Waals surface area (Å²) >= 11 is 0. The largest absolute Gasteiger partial charge is 0.316 e. The average Bonchev–Trinajstić information content (AvgIpc) is 2.77. The van der Waals surface area contributed by atoms with Gasteiger partial charge in [0.15, 0.2) is 5.78 Å². The molecule has 0 aromatic heterocycles. The van der Waals surface area contributed by atoms with Gasteiger partial charge in [-0.25, -0.2) is 8.78 Å². The summed E-state index contributed by atoms with van der Waals surface area (Å²) in [6.45, 7) is 3.15. The van der Waals surface area contributed by atoms with E-state index in [0.29, 0.717) is 5.56 Å². The van der Waals surface area contributed by atoms with Crippen molar-refractivity contribution in [2.24, 2.45) is 5.92 Å². The predicted molar refractivity (Wildman–Crippen MR) is 61.0 cm³/mol. The van der Waals surface area contributed by atoms with Crippen molar-refractivity contribution in [3.05, 3.63) is 34.9 Å². The van der Waals surface area contributed by atoms with Crippen LogP contribution in [-0.2, 0) is 0 Å². The average molecular weight is 239 g/mol. The van der Waals surface area contributed by atoms with Crippen LogP contribution >= 0.6 is 0 Å². The molecule has 0 spiro atoms. The lowest BCUT2D eigenvalue weighted by Crippen LogP contribution is -2.15. The maximum atomic E-state index is 13.7. The molecular formula is C13H15F2NO. The summed E-state index contributed by atoms with van der Waals surface area (Å²) in [6, 6.07) is 2.50. The molecule has 1 N–H and O–H groups in total. The van der Waals surface area contributed by atoms with Gasteiger partial charge >= 0.3 is 0 Å². The fraction of sp³-hybridized carbons (Fsp3) is 0.462. The minimum absolute atomic E-state index is 0.196. The molecule has 0 radical (unpaired) electrons. The topological polar surface area (TPSA) is 29.1 Å². The summed E-state index contributed by atoms with van der Waals surface area (Å²) in [7, 11) is 0. The summed E-state index contributed by atoms with van der Waals surface area (Å²) in [6.07, 6.45) is 1.10. The monoisotopic (exact) mass is 239 g/mol. The highest BCUT2D eigenvalue weighted by Gasteiger charge is 2.24. The molecule has 4 heteroatoms. The Hall–Kier alpha value is -1.29. The summed E-state index contributed by atoms with van der Waals surface area (Å²) in [4.78, 5) is 11.9. The molecule has 2 rings (SSSR count). The number of carbonyl (C=O) groups is 1. The van der Waals surface area contributed by atoms with E-state index in [2.05, 4.69) is 5.32 Å². The van der Waals surface area contributed by atoms with Crippen LogP contribution < -0.4 is 5.32 Å². The molecule has 0 amide bonds. The second kappa shape index (κ2) is 4.92. The Morgan fingerprint density at radius 3 is 2.88 bits per heavy atom. The van der Waals surface area contributed by atoms with Crippen molar-refractivity contribution in [1.82, 2.24) is 5.32 Å². The molecule has 1 aromatic carbocycles. The molecular weight excluding hydrogens is 224 g/mol. The fourth-order valence-corrected chi connectivity index (χ4v) is 2.17. The van der Waals surface area contributed by atoms with Gasteiger partial charge in [-0.2, -0.15) is 0 Å². The second-order valence-electron chi connectivity index (χ2n) is 4.54. The molecule has 1 unspecified atom stereocenters. The van der Waals surface area contributed by atoms with Gasteiger partial charge in [0.05, 0.1) is 5.56 Å². The minimum atomic E-state index is -0.760. The van der Waals surface area contributed by atoms with Gasteiger partial charge in [-0.15, -0.1) is 0 Å². The number of ketones is 1. The van der Waals surface area contributed by atoms with E-state index < -0.39 is 17.4 Å². The molecule has 0 bridgehead atoms. The number of Topliss-reactive ketones (excluding diaryl/α,β-unsaturated/α-hetero) is 1. The zero-order valence-corrected chi connectivity index (χ0v) is 9.72. The van der Waals surface area contributed by atoms with Crippen LogP contribution in [0.5, 0.6) is 0 Å². The zero-order chi connectivity index (χ0) is 12.4. The van der Waals surface area contributed by atoms with E-state index >= 15 is 0 Å². The van der Waals surface area contributed by atoms with E-state index in [1.165, 1.54) is 13.0 Å². The van der Waals surface area contributed by atoms with Gasteiger partial charge in [-0.05, 0) is 44.0 Å². The molecule has 1 aliphatic rings. The molecule has 17 heavy (non-hydrogen) atoms. The lowest BCUT2D eigenvalue weighted by molar-refractivity contribution is 0.0956. The number of rotatable bonds is 3. The van der Waals surface area contributed by atoms with Crippen LogP contribution in [0.1, 0.15) is 28.8 Å². The number of nitrogens with one attached hydrogen (secondary N) is 1. The summed E-state index contributed by atoms with van der Waals surface area (Å²) in [5.74, 6) is -1.72. The fourth-order valence-electron chi connectivity index (χ4n) is 2.17. The molecule has 2 nitrogen and oxygen atoms in total. The van der Waals surface area contributed by atoms with Crippen molar-refractivity contribution < 1.29 is 13.6 Å². The maximum Gasteiger partial charge on any atom is 0.169 e. The Morgan fingerprint density at radius 1 is 1.47 bits per heavy atom. The van der Waals surface area contributed by atoms with Gasteiger partial charge < -0.3 is 5.32 Å². The van der Waals surface area contributed by atoms with Crippen molar-refractivity contribution in [2.45, 2.75) is 19.8 Å². The summed E-state index contributed by atoms with van der Waals surface area (Å²) in [5.41, 5.74) is -0.0730. The molecule has 1 saturated heterocycles. The molecule has 1 aromatic rings. The van der Waals surface area contributed by atoms with E-state index in [0.717, 1.165) is 25.6 Å². The molecule has 1 atom stereocenters. The first-order chi connectivity index (χ1) is 8.09. The van der Waals surface area contributed by atoms with Crippen LogP contribution in [0.3, 0.4) is 0 Å². The predicted octanol–water partition coefficient (Wildman–Crippen LogP) is 2.46.